The van der Waals surface area contributed by atoms with Gasteiger partial charge in [-0.2, -0.15) is 13.2 Å². The van der Waals surface area contributed by atoms with Crippen molar-refractivity contribution in [2.24, 2.45) is 5.92 Å². The van der Waals surface area contributed by atoms with Crippen LogP contribution in [0.25, 0.3) is 0 Å². The van der Waals surface area contributed by atoms with Gasteiger partial charge in [-0.15, -0.1) is 0 Å². The van der Waals surface area contributed by atoms with Crippen LogP contribution in [0.2, 0.25) is 0 Å². The zero-order chi connectivity index (χ0) is 15.3. The lowest BCUT2D eigenvalue weighted by molar-refractivity contribution is -0.119. The van der Waals surface area contributed by atoms with Crippen molar-refractivity contribution in [2.45, 2.75) is 26.6 Å². The number of anilines is 1. The quantitative estimate of drug-likeness (QED) is 0.825. The summed E-state index contributed by atoms with van der Waals surface area (Å²) in [4.78, 5) is 1.19. The lowest BCUT2D eigenvalue weighted by Crippen LogP contribution is -2.30. The summed E-state index contributed by atoms with van der Waals surface area (Å²) in [5.41, 5.74) is 1.58. The fourth-order valence-corrected chi connectivity index (χ4v) is 2.28. The Bertz CT molecular complexity index is 433. The van der Waals surface area contributed by atoms with Gasteiger partial charge in [0, 0.05) is 23.8 Å². The Kier molecular flexibility index (Phi) is 6.33. The Morgan fingerprint density at radius 2 is 1.95 bits per heavy atom. The summed E-state index contributed by atoms with van der Waals surface area (Å²) in [6, 6.07) is 5.28. The van der Waals surface area contributed by atoms with Crippen LogP contribution in [0.15, 0.2) is 22.7 Å². The minimum atomic E-state index is -4.20. The predicted octanol–water partition coefficient (Wildman–Crippen LogP) is 4.19. The van der Waals surface area contributed by atoms with Crippen molar-refractivity contribution < 1.29 is 13.2 Å². The highest BCUT2D eigenvalue weighted by Crippen LogP contribution is 2.26. The summed E-state index contributed by atoms with van der Waals surface area (Å²) in [7, 11) is 1.44. The topological polar surface area (TPSA) is 15.3 Å². The average Bonchev–Trinajstić information content (AvgIpc) is 2.28. The summed E-state index contributed by atoms with van der Waals surface area (Å²) in [6.07, 6.45) is -4.20. The van der Waals surface area contributed by atoms with Gasteiger partial charge < -0.3 is 10.2 Å². The molecule has 1 aromatic carbocycles. The molecule has 0 unspecified atom stereocenters. The molecule has 1 N–H and O–H groups in total. The predicted molar refractivity (Wildman–Crippen MR) is 80.0 cm³/mol. The van der Waals surface area contributed by atoms with E-state index in [1.54, 1.807) is 12.1 Å². The Balaban J connectivity index is 2.67. The summed E-state index contributed by atoms with van der Waals surface area (Å²) in [5, 5.41) is 3.31. The number of hydrogen-bond donors (Lipinski definition) is 1. The van der Waals surface area contributed by atoms with Crippen LogP contribution in [0, 0.1) is 5.92 Å². The van der Waals surface area contributed by atoms with Crippen molar-refractivity contribution in [3.63, 3.8) is 0 Å². The van der Waals surface area contributed by atoms with Crippen molar-refractivity contribution in [1.82, 2.24) is 5.32 Å². The van der Waals surface area contributed by atoms with Crippen LogP contribution in [-0.4, -0.2) is 26.3 Å². The molecule has 0 bridgehead atoms. The minimum absolute atomic E-state index is 0.543. The number of nitrogens with one attached hydrogen (secondary N) is 1. The summed E-state index contributed by atoms with van der Waals surface area (Å²) in [6.45, 7) is 4.89. The van der Waals surface area contributed by atoms with Gasteiger partial charge in [-0.1, -0.05) is 35.8 Å². The molecule has 0 aliphatic rings. The third kappa shape index (κ3) is 6.13. The zero-order valence-corrected chi connectivity index (χ0v) is 13.5. The third-order valence-corrected chi connectivity index (χ3v) is 3.50. The number of alkyl halides is 3. The highest BCUT2D eigenvalue weighted by molar-refractivity contribution is 9.10. The first kappa shape index (κ1) is 17.3. The van der Waals surface area contributed by atoms with Crippen molar-refractivity contribution in [3.05, 3.63) is 28.2 Å². The molecule has 1 rings (SSSR count). The van der Waals surface area contributed by atoms with E-state index in [-0.39, 0.29) is 0 Å². The molecule has 1 aromatic rings. The third-order valence-electron chi connectivity index (χ3n) is 2.76. The summed E-state index contributed by atoms with van der Waals surface area (Å²) < 4.78 is 37.9. The Morgan fingerprint density at radius 3 is 2.45 bits per heavy atom. The molecule has 0 aliphatic heterocycles. The monoisotopic (exact) mass is 352 g/mol. The first-order valence-corrected chi connectivity index (χ1v) is 7.25. The van der Waals surface area contributed by atoms with E-state index in [4.69, 9.17) is 0 Å². The molecule has 0 spiro atoms. The Hall–Kier alpha value is -0.750. The van der Waals surface area contributed by atoms with Crippen molar-refractivity contribution in [3.8, 4) is 0 Å². The second-order valence-corrected chi connectivity index (χ2v) is 6.13. The fraction of sp³-hybridized carbons (Fsp3) is 0.571. The molecule has 0 atom stereocenters. The first-order valence-electron chi connectivity index (χ1n) is 6.46. The molecule has 0 saturated carbocycles. The molecule has 0 radical (unpaired) electrons. The lowest BCUT2D eigenvalue weighted by atomic mass is 10.1. The van der Waals surface area contributed by atoms with Crippen LogP contribution in [0.5, 0.6) is 0 Å². The molecule has 0 fully saturated rings. The minimum Gasteiger partial charge on any atom is -0.366 e. The van der Waals surface area contributed by atoms with Crippen LogP contribution in [0.4, 0.5) is 18.9 Å². The zero-order valence-electron chi connectivity index (χ0n) is 11.9. The molecule has 0 saturated heterocycles. The molecule has 0 heterocycles. The molecule has 20 heavy (non-hydrogen) atoms. The van der Waals surface area contributed by atoms with Crippen LogP contribution in [-0.2, 0) is 6.54 Å². The van der Waals surface area contributed by atoms with Gasteiger partial charge in [-0.25, -0.2) is 0 Å². The molecule has 0 aromatic heterocycles. The Labute approximate surface area is 126 Å². The van der Waals surface area contributed by atoms with E-state index >= 15 is 0 Å². The van der Waals surface area contributed by atoms with Gasteiger partial charge in [-0.05, 0) is 30.2 Å². The van der Waals surface area contributed by atoms with Crippen LogP contribution < -0.4 is 10.2 Å². The number of hydrogen-bond acceptors (Lipinski definition) is 2. The Morgan fingerprint density at radius 1 is 1.30 bits per heavy atom. The van der Waals surface area contributed by atoms with Crippen molar-refractivity contribution >= 4 is 21.6 Å². The van der Waals surface area contributed by atoms with Crippen LogP contribution >= 0.6 is 15.9 Å². The summed E-state index contributed by atoms with van der Waals surface area (Å²) >= 11 is 3.41. The summed E-state index contributed by atoms with van der Waals surface area (Å²) in [5.74, 6) is 0.561. The van der Waals surface area contributed by atoms with E-state index in [0.29, 0.717) is 18.2 Å². The standard InChI is InChI=1S/C14H20BrF3N2/c1-10(2)7-19-8-11-4-5-12(6-13(11)15)20(3)9-14(16,17)18/h4-6,10,19H,7-9H2,1-3H3. The maximum absolute atomic E-state index is 12.4. The second kappa shape index (κ2) is 7.31. The van der Waals surface area contributed by atoms with Gasteiger partial charge in [0.25, 0.3) is 0 Å². The SMILES string of the molecule is CC(C)CNCc1ccc(N(C)CC(F)(F)F)cc1Br. The molecule has 114 valence electrons. The van der Waals surface area contributed by atoms with E-state index in [1.807, 2.05) is 6.07 Å². The first-order chi connectivity index (χ1) is 9.19. The maximum atomic E-state index is 12.4. The van der Waals surface area contributed by atoms with E-state index in [1.165, 1.54) is 11.9 Å². The second-order valence-electron chi connectivity index (χ2n) is 5.27. The number of benzene rings is 1. The van der Waals surface area contributed by atoms with Gasteiger partial charge in [-0.3, -0.25) is 0 Å². The van der Waals surface area contributed by atoms with E-state index in [9.17, 15) is 13.2 Å². The van der Waals surface area contributed by atoms with Gasteiger partial charge in [0.2, 0.25) is 0 Å². The lowest BCUT2D eigenvalue weighted by Gasteiger charge is -2.21. The van der Waals surface area contributed by atoms with Crippen LogP contribution in [0.1, 0.15) is 19.4 Å². The highest BCUT2D eigenvalue weighted by Gasteiger charge is 2.29. The van der Waals surface area contributed by atoms with Gasteiger partial charge in [0.15, 0.2) is 0 Å². The molecule has 0 amide bonds. The fourth-order valence-electron chi connectivity index (χ4n) is 1.77. The van der Waals surface area contributed by atoms with Gasteiger partial charge >= 0.3 is 6.18 Å². The van der Waals surface area contributed by atoms with Crippen molar-refractivity contribution in [1.29, 1.82) is 0 Å². The largest absolute Gasteiger partial charge is 0.405 e. The van der Waals surface area contributed by atoms with Gasteiger partial charge in [0.05, 0.1) is 0 Å². The van der Waals surface area contributed by atoms with Gasteiger partial charge in [0.1, 0.15) is 6.54 Å². The maximum Gasteiger partial charge on any atom is 0.405 e. The normalized spacial score (nSPS) is 12.0. The molecule has 2 nitrogen and oxygen atoms in total. The molecule has 6 heteroatoms. The molecular weight excluding hydrogens is 333 g/mol. The van der Waals surface area contributed by atoms with Crippen molar-refractivity contribution in [2.75, 3.05) is 25.0 Å². The van der Waals surface area contributed by atoms with Crippen LogP contribution in [0.3, 0.4) is 0 Å². The number of nitrogens with zero attached hydrogens (tertiary/aromatic N) is 1. The average molecular weight is 353 g/mol. The highest BCUT2D eigenvalue weighted by atomic mass is 79.9. The number of rotatable bonds is 6. The van der Waals surface area contributed by atoms with E-state index in [2.05, 4.69) is 35.1 Å². The van der Waals surface area contributed by atoms with E-state index < -0.39 is 12.7 Å². The molecule has 0 aliphatic carbocycles. The molecular formula is C14H20BrF3N2. The smallest absolute Gasteiger partial charge is 0.366 e. The van der Waals surface area contributed by atoms with E-state index in [0.717, 1.165) is 16.6 Å². The number of halogens is 4.